The number of amides is 1. The number of non-ortho nitro benzene ring substituents is 3. The highest BCUT2D eigenvalue weighted by molar-refractivity contribution is 7.91. The third kappa shape index (κ3) is 17.4. The van der Waals surface area contributed by atoms with E-state index < -0.39 is 94.7 Å². The Bertz CT molecular complexity index is 3890. The van der Waals surface area contributed by atoms with Gasteiger partial charge in [-0.1, -0.05) is 60.7 Å². The highest BCUT2D eigenvalue weighted by Crippen LogP contribution is 2.52. The van der Waals surface area contributed by atoms with E-state index in [4.69, 9.17) is 56.9 Å². The van der Waals surface area contributed by atoms with E-state index >= 15 is 0 Å². The zero-order chi connectivity index (χ0) is 67.3. The van der Waals surface area contributed by atoms with Crippen LogP contribution in [0.25, 0.3) is 21.9 Å². The van der Waals surface area contributed by atoms with Crippen molar-refractivity contribution in [3.05, 3.63) is 163 Å². The van der Waals surface area contributed by atoms with Gasteiger partial charge in [0, 0.05) is 112 Å². The summed E-state index contributed by atoms with van der Waals surface area (Å²) in [4.78, 5) is 76.0. The molecule has 30 nitrogen and oxygen atoms in total. The van der Waals surface area contributed by atoms with E-state index in [1.54, 1.807) is 54.6 Å². The molecule has 2 fully saturated rings. The first-order valence-electron chi connectivity index (χ1n) is 30.1. The third-order valence-corrected chi connectivity index (χ3v) is 19.4. The predicted octanol–water partition coefficient (Wildman–Crippen LogP) is 10.2. The topological polar surface area (TPSA) is 352 Å². The molecule has 32 heteroatoms. The Hall–Kier alpha value is -8.65. The van der Waals surface area contributed by atoms with Crippen molar-refractivity contribution in [2.24, 2.45) is 0 Å². The van der Waals surface area contributed by atoms with Crippen LogP contribution in [0.3, 0.4) is 0 Å². The fraction of sp³-hybridized carbons (Fsp3) is 0.435. The monoisotopic (exact) mass is 1340 g/mol. The minimum atomic E-state index is -4.04. The standard InChI is InChI=1S/C62H73N10O20PS/c1-40(2)69(41(3)4)93(89-33-28-44-18-24-47(25-19-44)72(79)80)92-54-51(38-88-61(74)87-36-37-94(81,82)52-13-9-10-48-49(52)11-8-12-50(48)67(5)6)90-58(55(54)91-62(83-7)29-34-84-35-30-62)68-39-63-53-56(68)64-59(65-57(53)85-31-26-42-14-20-45(21-15-42)70(75)76)66-60(73)86-32-27-43-16-22-46(23-17-43)71(77)78/h8-25,39-41,51,54-55,58H,26-38H2,1-7H3,(H,64,65,66,73)/t51-,54-,55-,58-,93?/m1/s1. The summed E-state index contributed by atoms with van der Waals surface area (Å²) in [6.07, 6.45) is -4.73. The molecule has 0 bridgehead atoms. The Labute approximate surface area is 542 Å². The molecule has 9 rings (SSSR count). The number of aromatic nitrogens is 4. The predicted molar refractivity (Wildman–Crippen MR) is 342 cm³/mol. The van der Waals surface area contributed by atoms with E-state index in [-0.39, 0.29) is 116 Å². The Morgan fingerprint density at radius 1 is 0.734 bits per heavy atom. The Kier molecular flexibility index (Phi) is 23.4. The van der Waals surface area contributed by atoms with Crippen LogP contribution in [0.15, 0.2) is 120 Å². The molecule has 2 aliphatic rings. The van der Waals surface area contributed by atoms with Gasteiger partial charge >= 0.3 is 12.2 Å². The average molecular weight is 1340 g/mol. The summed E-state index contributed by atoms with van der Waals surface area (Å²) >= 11 is 0. The number of carbonyl (C=O) groups excluding carboxylic acids is 2. The van der Waals surface area contributed by atoms with Gasteiger partial charge in [0.05, 0.1) is 64.8 Å². The maximum Gasteiger partial charge on any atom is 0.508 e. The van der Waals surface area contributed by atoms with Crippen LogP contribution in [-0.4, -0.2) is 169 Å². The number of ether oxygens (including phenoxy) is 8. The van der Waals surface area contributed by atoms with Crippen LogP contribution >= 0.6 is 8.53 Å². The summed E-state index contributed by atoms with van der Waals surface area (Å²) in [5, 5.41) is 37.9. The van der Waals surface area contributed by atoms with Crippen LogP contribution in [0, 0.1) is 30.3 Å². The number of rotatable bonds is 31. The quantitative estimate of drug-likeness (QED) is 0.0139. The molecule has 7 aromatic rings. The molecule has 2 saturated heterocycles. The number of anilines is 2. The van der Waals surface area contributed by atoms with Crippen molar-refractivity contribution in [2.75, 3.05) is 83.4 Å². The van der Waals surface area contributed by atoms with Gasteiger partial charge in [0.15, 0.2) is 33.0 Å². The highest BCUT2D eigenvalue weighted by atomic mass is 32.2. The first-order valence-corrected chi connectivity index (χ1v) is 32.9. The van der Waals surface area contributed by atoms with E-state index in [0.29, 0.717) is 28.3 Å². The normalized spacial score (nSPS) is 17.5. The molecule has 0 aliphatic carbocycles. The van der Waals surface area contributed by atoms with Gasteiger partial charge in [0.2, 0.25) is 11.8 Å². The SMILES string of the molecule is COC1(O[C@@H]2[C@H](OP(OCCc3ccc([N+](=O)[O-])cc3)N(C(C)C)C(C)C)[C@@H](COC(=O)OCCS(=O)(=O)c3cccc4c(N(C)C)cccc34)O[C@H]2n2cnc3c(OCCc4ccc([N+](=O)[O-])cc4)nc(NC(=O)OCCc4ccc([N+](=O)[O-])cc4)nc32)CCOCC1. The fourth-order valence-corrected chi connectivity index (χ4v) is 13.9. The summed E-state index contributed by atoms with van der Waals surface area (Å²) in [5.74, 6) is -2.37. The maximum atomic E-state index is 14.0. The minimum Gasteiger partial charge on any atom is -0.476 e. The summed E-state index contributed by atoms with van der Waals surface area (Å²) in [6.45, 7) is 7.01. The van der Waals surface area contributed by atoms with Crippen LogP contribution in [0.4, 0.5) is 38.3 Å². The lowest BCUT2D eigenvalue weighted by molar-refractivity contribution is -0.385. The molecular weight excluding hydrogens is 1270 g/mol. The summed E-state index contributed by atoms with van der Waals surface area (Å²) < 4.78 is 94.7. The molecule has 2 aliphatic heterocycles. The molecule has 1 N–H and O–H groups in total. The maximum absolute atomic E-state index is 14.0. The van der Waals surface area contributed by atoms with Crippen LogP contribution in [-0.2, 0) is 71.3 Å². The number of methoxy groups -OCH3 is 1. The largest absolute Gasteiger partial charge is 0.508 e. The van der Waals surface area contributed by atoms with Crippen molar-refractivity contribution in [3.8, 4) is 5.88 Å². The number of hydrogen-bond acceptors (Lipinski definition) is 25. The van der Waals surface area contributed by atoms with Crippen molar-refractivity contribution in [3.63, 3.8) is 0 Å². The number of nitro benzene ring substituents is 3. The molecule has 502 valence electrons. The van der Waals surface area contributed by atoms with Crippen LogP contribution in [0.5, 0.6) is 5.88 Å². The molecule has 4 heterocycles. The first-order chi connectivity index (χ1) is 45.0. The summed E-state index contributed by atoms with van der Waals surface area (Å²) in [7, 11) is -0.977. The molecule has 94 heavy (non-hydrogen) atoms. The second-order valence-corrected chi connectivity index (χ2v) is 26.1. The van der Waals surface area contributed by atoms with Gasteiger partial charge < -0.3 is 51.8 Å². The van der Waals surface area contributed by atoms with E-state index in [0.717, 1.165) is 11.3 Å². The highest BCUT2D eigenvalue weighted by Gasteiger charge is 2.54. The molecule has 5 aromatic carbocycles. The van der Waals surface area contributed by atoms with Crippen molar-refractivity contribution in [2.45, 2.75) is 107 Å². The number of nitrogens with one attached hydrogen (secondary N) is 1. The molecule has 0 radical (unpaired) electrons. The van der Waals surface area contributed by atoms with Crippen LogP contribution in [0.1, 0.15) is 63.5 Å². The Balaban J connectivity index is 1.06. The number of fused-ring (bicyclic) bond motifs is 2. The molecule has 5 atom stereocenters. The van der Waals surface area contributed by atoms with Gasteiger partial charge in [-0.25, -0.2) is 27.7 Å². The lowest BCUT2D eigenvalue weighted by Gasteiger charge is -2.41. The number of nitrogens with zero attached hydrogens (tertiary/aromatic N) is 9. The van der Waals surface area contributed by atoms with Crippen LogP contribution < -0.4 is 15.0 Å². The number of benzene rings is 5. The molecular formula is C62H73N10O20PS. The zero-order valence-electron chi connectivity index (χ0n) is 52.7. The van der Waals surface area contributed by atoms with Gasteiger partial charge in [-0.15, -0.1) is 0 Å². The van der Waals surface area contributed by atoms with Gasteiger partial charge in [-0.05, 0) is 62.9 Å². The summed E-state index contributed by atoms with van der Waals surface area (Å²) in [5.41, 5.74) is 2.69. The van der Waals surface area contributed by atoms with Gasteiger partial charge in [-0.2, -0.15) is 9.97 Å². The molecule has 1 unspecified atom stereocenters. The van der Waals surface area contributed by atoms with Crippen LogP contribution in [0.2, 0.25) is 0 Å². The van der Waals surface area contributed by atoms with Crippen molar-refractivity contribution in [1.82, 2.24) is 24.2 Å². The smallest absolute Gasteiger partial charge is 0.476 e. The van der Waals surface area contributed by atoms with Gasteiger partial charge in [0.1, 0.15) is 31.5 Å². The molecule has 2 aromatic heterocycles. The van der Waals surface area contributed by atoms with Crippen molar-refractivity contribution < 1.29 is 79.7 Å². The lowest BCUT2D eigenvalue weighted by atomic mass is 10.1. The zero-order valence-corrected chi connectivity index (χ0v) is 54.4. The Morgan fingerprint density at radius 3 is 1.88 bits per heavy atom. The number of sulfone groups is 1. The van der Waals surface area contributed by atoms with E-state index in [1.165, 1.54) is 60.5 Å². The number of nitro groups is 3. The number of imidazole rings is 1. The summed E-state index contributed by atoms with van der Waals surface area (Å²) in [6, 6.07) is 27.7. The number of hydrogen-bond donors (Lipinski definition) is 1. The van der Waals surface area contributed by atoms with E-state index in [1.807, 2.05) is 63.5 Å². The van der Waals surface area contributed by atoms with Gasteiger partial charge in [-0.3, -0.25) is 40.2 Å². The van der Waals surface area contributed by atoms with Crippen molar-refractivity contribution in [1.29, 1.82) is 0 Å². The third-order valence-electron chi connectivity index (χ3n) is 15.5. The lowest BCUT2D eigenvalue weighted by Crippen LogP contribution is -2.49. The van der Waals surface area contributed by atoms with Crippen molar-refractivity contribution >= 4 is 81.2 Å². The molecule has 1 amide bonds. The molecule has 0 spiro atoms. The Morgan fingerprint density at radius 2 is 1.31 bits per heavy atom. The fourth-order valence-electron chi connectivity index (χ4n) is 10.8. The van der Waals surface area contributed by atoms with E-state index in [2.05, 4.69) is 10.3 Å². The average Bonchev–Trinajstić information content (AvgIpc) is 1.24. The minimum absolute atomic E-state index is 0.0104. The second-order valence-electron chi connectivity index (χ2n) is 22.6. The van der Waals surface area contributed by atoms with E-state index in [9.17, 15) is 48.3 Å². The molecule has 0 saturated carbocycles. The van der Waals surface area contributed by atoms with Gasteiger partial charge in [0.25, 0.3) is 25.6 Å². The first kappa shape index (κ1) is 69.7. The number of carbonyl (C=O) groups is 2. The second kappa shape index (κ2) is 31.5.